The first-order chi connectivity index (χ1) is 13.3. The molecule has 0 bridgehead atoms. The van der Waals surface area contributed by atoms with Crippen molar-refractivity contribution in [1.82, 2.24) is 0 Å². The molecule has 0 aromatic heterocycles. The summed E-state index contributed by atoms with van der Waals surface area (Å²) >= 11 is 0. The van der Waals surface area contributed by atoms with Gasteiger partial charge < -0.3 is 24.3 Å². The van der Waals surface area contributed by atoms with Crippen molar-refractivity contribution in [3.8, 4) is 23.0 Å². The molecule has 11 heteroatoms. The molecule has 2 rings (SSSR count). The number of carbonyl (C=O) groups is 1. The standard InChI is InChI=1S/C17H16F2N2O7/c1-25-12-8-11(13(21(23)24)15(27-3)14(12)26-2)16(22)20-9-5-4-6-10(7-9)28-17(18)19/h4-8,17H,1-3H3,(H,20,22). The van der Waals surface area contributed by atoms with E-state index in [0.717, 1.165) is 12.1 Å². The van der Waals surface area contributed by atoms with Gasteiger partial charge in [0.15, 0.2) is 5.75 Å². The molecular weight excluding hydrogens is 382 g/mol. The lowest BCUT2D eigenvalue weighted by molar-refractivity contribution is -0.386. The molecule has 0 spiro atoms. The van der Waals surface area contributed by atoms with E-state index in [1.165, 1.54) is 39.5 Å². The molecular formula is C17H16F2N2O7. The first kappa shape index (κ1) is 20.7. The van der Waals surface area contributed by atoms with Crippen LogP contribution in [0.15, 0.2) is 30.3 Å². The number of rotatable bonds is 8. The van der Waals surface area contributed by atoms with E-state index in [1.54, 1.807) is 0 Å². The van der Waals surface area contributed by atoms with Gasteiger partial charge in [0.05, 0.1) is 26.3 Å². The normalized spacial score (nSPS) is 10.4. The van der Waals surface area contributed by atoms with Gasteiger partial charge in [0.1, 0.15) is 11.3 Å². The first-order valence-corrected chi connectivity index (χ1v) is 7.65. The van der Waals surface area contributed by atoms with Crippen LogP contribution in [0.3, 0.4) is 0 Å². The van der Waals surface area contributed by atoms with Crippen LogP contribution in [-0.4, -0.2) is 38.8 Å². The number of amides is 1. The summed E-state index contributed by atoms with van der Waals surface area (Å²) in [6.07, 6.45) is 0. The van der Waals surface area contributed by atoms with Crippen molar-refractivity contribution in [2.75, 3.05) is 26.6 Å². The van der Waals surface area contributed by atoms with Gasteiger partial charge in [-0.3, -0.25) is 14.9 Å². The lowest BCUT2D eigenvalue weighted by Gasteiger charge is -2.15. The van der Waals surface area contributed by atoms with Crippen LogP contribution < -0.4 is 24.3 Å². The number of nitro benzene ring substituents is 1. The number of hydrogen-bond acceptors (Lipinski definition) is 7. The molecule has 0 aliphatic rings. The van der Waals surface area contributed by atoms with Gasteiger partial charge >= 0.3 is 12.3 Å². The summed E-state index contributed by atoms with van der Waals surface area (Å²) in [6.45, 7) is -3.04. The number of nitro groups is 1. The van der Waals surface area contributed by atoms with E-state index in [2.05, 4.69) is 10.1 Å². The molecule has 0 aliphatic carbocycles. The predicted octanol–water partition coefficient (Wildman–Crippen LogP) is 3.47. The molecule has 0 unspecified atom stereocenters. The Morgan fingerprint density at radius 1 is 1.11 bits per heavy atom. The second-order valence-corrected chi connectivity index (χ2v) is 5.16. The highest BCUT2D eigenvalue weighted by molar-refractivity contribution is 6.08. The maximum absolute atomic E-state index is 12.7. The molecule has 2 aromatic carbocycles. The van der Waals surface area contributed by atoms with E-state index in [0.29, 0.717) is 0 Å². The van der Waals surface area contributed by atoms with Crippen LogP contribution in [0.25, 0.3) is 0 Å². The quantitative estimate of drug-likeness (QED) is 0.536. The minimum atomic E-state index is -3.04. The van der Waals surface area contributed by atoms with Crippen molar-refractivity contribution in [3.05, 3.63) is 46.0 Å². The largest absolute Gasteiger partial charge is 0.493 e. The number of nitrogens with one attached hydrogen (secondary N) is 1. The van der Waals surface area contributed by atoms with Crippen LogP contribution in [-0.2, 0) is 0 Å². The van der Waals surface area contributed by atoms with Gasteiger partial charge in [-0.25, -0.2) is 0 Å². The van der Waals surface area contributed by atoms with Crippen LogP contribution in [0.2, 0.25) is 0 Å². The zero-order chi connectivity index (χ0) is 20.8. The predicted molar refractivity (Wildman–Crippen MR) is 93.8 cm³/mol. The van der Waals surface area contributed by atoms with Gasteiger partial charge in [-0.2, -0.15) is 8.78 Å². The molecule has 28 heavy (non-hydrogen) atoms. The van der Waals surface area contributed by atoms with E-state index < -0.39 is 23.1 Å². The van der Waals surface area contributed by atoms with Gasteiger partial charge in [0.2, 0.25) is 11.5 Å². The molecule has 0 aliphatic heterocycles. The Balaban J connectivity index is 2.49. The van der Waals surface area contributed by atoms with Crippen LogP contribution in [0.1, 0.15) is 10.4 Å². The smallest absolute Gasteiger partial charge is 0.387 e. The molecule has 1 amide bonds. The summed E-state index contributed by atoms with van der Waals surface area (Å²) in [4.78, 5) is 23.4. The second kappa shape index (κ2) is 8.84. The number of hydrogen-bond donors (Lipinski definition) is 1. The fourth-order valence-electron chi connectivity index (χ4n) is 2.44. The number of nitrogens with zero attached hydrogens (tertiary/aromatic N) is 1. The number of halogens is 2. The minimum absolute atomic E-state index is 0.0323. The minimum Gasteiger partial charge on any atom is -0.493 e. The van der Waals surface area contributed by atoms with Gasteiger partial charge in [0, 0.05) is 17.8 Å². The maximum atomic E-state index is 12.7. The summed E-state index contributed by atoms with van der Waals surface area (Å²) in [5.41, 5.74) is -0.927. The monoisotopic (exact) mass is 398 g/mol. The summed E-state index contributed by atoms with van der Waals surface area (Å²) in [5.74, 6) is -1.40. The number of anilines is 1. The number of methoxy groups -OCH3 is 3. The number of alkyl halides is 2. The summed E-state index contributed by atoms with van der Waals surface area (Å²) in [6, 6.07) is 6.31. The van der Waals surface area contributed by atoms with E-state index in [4.69, 9.17) is 14.2 Å². The van der Waals surface area contributed by atoms with Crippen molar-refractivity contribution in [2.24, 2.45) is 0 Å². The highest BCUT2D eigenvalue weighted by Gasteiger charge is 2.32. The number of ether oxygens (including phenoxy) is 4. The van der Waals surface area contributed by atoms with E-state index >= 15 is 0 Å². The van der Waals surface area contributed by atoms with Crippen molar-refractivity contribution in [1.29, 1.82) is 0 Å². The maximum Gasteiger partial charge on any atom is 0.387 e. The molecule has 0 saturated carbocycles. The third-order valence-electron chi connectivity index (χ3n) is 3.55. The second-order valence-electron chi connectivity index (χ2n) is 5.16. The number of carbonyl (C=O) groups excluding carboxylic acids is 1. The van der Waals surface area contributed by atoms with Gasteiger partial charge in [-0.15, -0.1) is 0 Å². The molecule has 2 aromatic rings. The van der Waals surface area contributed by atoms with E-state index in [1.807, 2.05) is 0 Å². The molecule has 1 N–H and O–H groups in total. The Labute approximate surface area is 157 Å². The van der Waals surface area contributed by atoms with Gasteiger partial charge in [-0.1, -0.05) is 6.07 Å². The number of benzene rings is 2. The zero-order valence-corrected chi connectivity index (χ0v) is 15.0. The topological polar surface area (TPSA) is 109 Å². The summed E-state index contributed by atoms with van der Waals surface area (Å²) in [5, 5.41) is 13.9. The lowest BCUT2D eigenvalue weighted by atomic mass is 10.1. The molecule has 9 nitrogen and oxygen atoms in total. The first-order valence-electron chi connectivity index (χ1n) is 7.65. The van der Waals surface area contributed by atoms with Crippen molar-refractivity contribution in [3.63, 3.8) is 0 Å². The Hall–Kier alpha value is -3.63. The highest BCUT2D eigenvalue weighted by atomic mass is 19.3. The van der Waals surface area contributed by atoms with Crippen LogP contribution in [0.5, 0.6) is 23.0 Å². The Bertz CT molecular complexity index is 890. The van der Waals surface area contributed by atoms with E-state index in [9.17, 15) is 23.7 Å². The van der Waals surface area contributed by atoms with Gasteiger partial charge in [0.25, 0.3) is 5.91 Å². The van der Waals surface area contributed by atoms with Crippen molar-refractivity contribution in [2.45, 2.75) is 6.61 Å². The fourth-order valence-corrected chi connectivity index (χ4v) is 2.44. The molecule has 0 atom stereocenters. The van der Waals surface area contributed by atoms with Crippen LogP contribution in [0, 0.1) is 10.1 Å². The average molecular weight is 398 g/mol. The van der Waals surface area contributed by atoms with Crippen molar-refractivity contribution >= 4 is 17.3 Å². The van der Waals surface area contributed by atoms with Crippen molar-refractivity contribution < 1.29 is 37.4 Å². The molecule has 0 radical (unpaired) electrons. The zero-order valence-electron chi connectivity index (χ0n) is 15.0. The molecule has 0 saturated heterocycles. The lowest BCUT2D eigenvalue weighted by Crippen LogP contribution is -2.15. The summed E-state index contributed by atoms with van der Waals surface area (Å²) < 4.78 is 44.2. The molecule has 0 heterocycles. The molecule has 150 valence electrons. The molecule has 0 fully saturated rings. The third-order valence-corrected chi connectivity index (χ3v) is 3.55. The Kier molecular flexibility index (Phi) is 6.53. The van der Waals surface area contributed by atoms with Gasteiger partial charge in [-0.05, 0) is 12.1 Å². The third kappa shape index (κ3) is 4.37. The Morgan fingerprint density at radius 2 is 1.79 bits per heavy atom. The summed E-state index contributed by atoms with van der Waals surface area (Å²) in [7, 11) is 3.73. The van der Waals surface area contributed by atoms with Crippen LogP contribution >= 0.6 is 0 Å². The highest BCUT2D eigenvalue weighted by Crippen LogP contribution is 2.46. The van der Waals surface area contributed by atoms with Crippen LogP contribution in [0.4, 0.5) is 20.2 Å². The Morgan fingerprint density at radius 3 is 2.32 bits per heavy atom. The SMILES string of the molecule is COc1cc(C(=O)Nc2cccc(OC(F)F)c2)c([N+](=O)[O-])c(OC)c1OC. The average Bonchev–Trinajstić information content (AvgIpc) is 2.65. The fraction of sp³-hybridized carbons (Fsp3) is 0.235. The van der Waals surface area contributed by atoms with E-state index in [-0.39, 0.29) is 34.2 Å².